The summed E-state index contributed by atoms with van der Waals surface area (Å²) in [7, 11) is -3.88. The fraction of sp³-hybridized carbons (Fsp3) is 0.375. The lowest BCUT2D eigenvalue weighted by atomic mass is 10.0. The Hall–Kier alpha value is -2.15. The highest BCUT2D eigenvalue weighted by Crippen LogP contribution is 2.23. The summed E-state index contributed by atoms with van der Waals surface area (Å²) in [6.07, 6.45) is 0.347. The molecule has 0 fully saturated rings. The summed E-state index contributed by atoms with van der Waals surface area (Å²) < 4.78 is 31.9. The SMILES string of the molecule is Cc1cc(CCC(=O)NS(=O)(=O)c2ccccc2C(C)C)no1. The van der Waals surface area contributed by atoms with Crippen LogP contribution in [0.1, 0.15) is 43.2 Å². The highest BCUT2D eigenvalue weighted by Gasteiger charge is 2.22. The lowest BCUT2D eigenvalue weighted by molar-refractivity contribution is -0.119. The van der Waals surface area contributed by atoms with Crippen molar-refractivity contribution in [2.24, 2.45) is 0 Å². The third-order valence-electron chi connectivity index (χ3n) is 3.36. The van der Waals surface area contributed by atoms with E-state index in [1.54, 1.807) is 31.2 Å². The lowest BCUT2D eigenvalue weighted by Gasteiger charge is -2.13. The maximum absolute atomic E-state index is 12.4. The van der Waals surface area contributed by atoms with E-state index in [1.807, 2.05) is 13.8 Å². The van der Waals surface area contributed by atoms with E-state index >= 15 is 0 Å². The van der Waals surface area contributed by atoms with Crippen molar-refractivity contribution >= 4 is 15.9 Å². The van der Waals surface area contributed by atoms with Crippen molar-refractivity contribution in [3.8, 4) is 0 Å². The van der Waals surface area contributed by atoms with Crippen molar-refractivity contribution < 1.29 is 17.7 Å². The molecule has 0 aliphatic heterocycles. The molecule has 1 aromatic carbocycles. The van der Waals surface area contributed by atoms with E-state index in [4.69, 9.17) is 4.52 Å². The van der Waals surface area contributed by atoms with Crippen molar-refractivity contribution in [3.63, 3.8) is 0 Å². The third kappa shape index (κ3) is 4.41. The van der Waals surface area contributed by atoms with Crippen LogP contribution in [0.2, 0.25) is 0 Å². The minimum absolute atomic E-state index is 0.0229. The number of carbonyl (C=O) groups is 1. The molecule has 1 N–H and O–H groups in total. The summed E-state index contributed by atoms with van der Waals surface area (Å²) in [5.74, 6) is 0.124. The predicted molar refractivity (Wildman–Crippen MR) is 85.4 cm³/mol. The standard InChI is InChI=1S/C16H20N2O4S/c1-11(2)14-6-4-5-7-15(14)23(20,21)18-16(19)9-8-13-10-12(3)22-17-13/h4-7,10-11H,8-9H2,1-3H3,(H,18,19). The Morgan fingerprint density at radius 3 is 2.61 bits per heavy atom. The molecule has 2 aromatic rings. The van der Waals surface area contributed by atoms with Crippen LogP contribution in [0, 0.1) is 6.92 Å². The van der Waals surface area contributed by atoms with E-state index in [0.717, 1.165) is 0 Å². The second kappa shape index (κ2) is 6.95. The predicted octanol–water partition coefficient (Wildman–Crippen LogP) is 2.54. The Bertz CT molecular complexity index is 794. The summed E-state index contributed by atoms with van der Waals surface area (Å²) in [5.41, 5.74) is 1.30. The van der Waals surface area contributed by atoms with Crippen molar-refractivity contribution in [3.05, 3.63) is 47.3 Å². The Balaban J connectivity index is 2.07. The van der Waals surface area contributed by atoms with Gasteiger partial charge < -0.3 is 4.52 Å². The summed E-state index contributed by atoms with van der Waals surface area (Å²) in [5, 5.41) is 3.78. The molecule has 0 bridgehead atoms. The molecule has 0 spiro atoms. The highest BCUT2D eigenvalue weighted by molar-refractivity contribution is 7.90. The maximum atomic E-state index is 12.4. The average Bonchev–Trinajstić information content (AvgIpc) is 2.90. The van der Waals surface area contributed by atoms with E-state index in [0.29, 0.717) is 23.4 Å². The molecular weight excluding hydrogens is 316 g/mol. The number of sulfonamides is 1. The lowest BCUT2D eigenvalue weighted by Crippen LogP contribution is -2.31. The second-order valence-electron chi connectivity index (χ2n) is 5.65. The molecule has 0 saturated carbocycles. The van der Waals surface area contributed by atoms with E-state index < -0.39 is 15.9 Å². The first kappa shape index (κ1) is 17.2. The second-order valence-corrected chi connectivity index (χ2v) is 7.30. The van der Waals surface area contributed by atoms with Crippen LogP contribution in [0.25, 0.3) is 0 Å². The maximum Gasteiger partial charge on any atom is 0.264 e. The molecule has 1 heterocycles. The van der Waals surface area contributed by atoms with Crippen molar-refractivity contribution in [1.82, 2.24) is 9.88 Å². The molecule has 1 aromatic heterocycles. The molecule has 23 heavy (non-hydrogen) atoms. The number of nitrogens with zero attached hydrogens (tertiary/aromatic N) is 1. The van der Waals surface area contributed by atoms with Gasteiger partial charge in [-0.3, -0.25) is 4.79 Å². The largest absolute Gasteiger partial charge is 0.361 e. The van der Waals surface area contributed by atoms with E-state index in [9.17, 15) is 13.2 Å². The zero-order chi connectivity index (χ0) is 17.0. The molecule has 0 radical (unpaired) electrons. The van der Waals surface area contributed by atoms with Crippen molar-refractivity contribution in [1.29, 1.82) is 0 Å². The Kier molecular flexibility index (Phi) is 5.20. The minimum atomic E-state index is -3.88. The minimum Gasteiger partial charge on any atom is -0.361 e. The van der Waals surface area contributed by atoms with Gasteiger partial charge in [-0.2, -0.15) is 0 Å². The fourth-order valence-corrected chi connectivity index (χ4v) is 3.62. The van der Waals surface area contributed by atoms with Crippen molar-refractivity contribution in [2.45, 2.75) is 44.4 Å². The number of aryl methyl sites for hydroxylation is 2. The molecule has 0 unspecified atom stereocenters. The Morgan fingerprint density at radius 1 is 1.30 bits per heavy atom. The topological polar surface area (TPSA) is 89.3 Å². The van der Waals surface area contributed by atoms with E-state index in [-0.39, 0.29) is 17.2 Å². The number of amides is 1. The summed E-state index contributed by atoms with van der Waals surface area (Å²) in [6, 6.07) is 8.40. The first-order valence-electron chi connectivity index (χ1n) is 7.36. The molecule has 0 atom stereocenters. The monoisotopic (exact) mass is 336 g/mol. The van der Waals surface area contributed by atoms with Crippen LogP contribution < -0.4 is 4.72 Å². The van der Waals surface area contributed by atoms with E-state index in [2.05, 4.69) is 9.88 Å². The first-order valence-corrected chi connectivity index (χ1v) is 8.84. The van der Waals surface area contributed by atoms with Gasteiger partial charge in [0.25, 0.3) is 10.0 Å². The highest BCUT2D eigenvalue weighted by atomic mass is 32.2. The van der Waals surface area contributed by atoms with Crippen LogP contribution in [0.3, 0.4) is 0 Å². The average molecular weight is 336 g/mol. The van der Waals surface area contributed by atoms with Gasteiger partial charge in [-0.15, -0.1) is 0 Å². The van der Waals surface area contributed by atoms with Crippen LogP contribution in [0.4, 0.5) is 0 Å². The van der Waals surface area contributed by atoms with Gasteiger partial charge in [-0.05, 0) is 24.5 Å². The first-order chi connectivity index (χ1) is 10.8. The Labute approximate surface area is 135 Å². The normalized spacial score (nSPS) is 11.7. The van der Waals surface area contributed by atoms with Crippen LogP contribution in [-0.4, -0.2) is 19.5 Å². The quantitative estimate of drug-likeness (QED) is 0.875. The molecule has 6 nitrogen and oxygen atoms in total. The van der Waals surface area contributed by atoms with Crippen LogP contribution in [0.5, 0.6) is 0 Å². The Morgan fingerprint density at radius 2 is 2.00 bits per heavy atom. The smallest absolute Gasteiger partial charge is 0.264 e. The molecule has 2 rings (SSSR count). The summed E-state index contributed by atoms with van der Waals surface area (Å²) in [6.45, 7) is 5.57. The number of carbonyl (C=O) groups excluding carboxylic acids is 1. The van der Waals surface area contributed by atoms with Crippen LogP contribution >= 0.6 is 0 Å². The number of aromatic nitrogens is 1. The molecular formula is C16H20N2O4S. The van der Waals surface area contributed by atoms with Gasteiger partial charge in [0.1, 0.15) is 5.76 Å². The summed E-state index contributed by atoms with van der Waals surface area (Å²) >= 11 is 0. The molecule has 0 aliphatic rings. The fourth-order valence-electron chi connectivity index (χ4n) is 2.24. The summed E-state index contributed by atoms with van der Waals surface area (Å²) in [4.78, 5) is 12.1. The van der Waals surface area contributed by atoms with Gasteiger partial charge in [0, 0.05) is 18.9 Å². The van der Waals surface area contributed by atoms with Gasteiger partial charge in [-0.25, -0.2) is 13.1 Å². The van der Waals surface area contributed by atoms with Gasteiger partial charge in [0.05, 0.1) is 10.6 Å². The molecule has 0 aliphatic carbocycles. The van der Waals surface area contributed by atoms with E-state index in [1.165, 1.54) is 6.07 Å². The van der Waals surface area contributed by atoms with Gasteiger partial charge >= 0.3 is 0 Å². The number of hydrogen-bond acceptors (Lipinski definition) is 5. The van der Waals surface area contributed by atoms with Gasteiger partial charge in [0.2, 0.25) is 5.91 Å². The number of benzene rings is 1. The van der Waals surface area contributed by atoms with Crippen LogP contribution in [-0.2, 0) is 21.2 Å². The third-order valence-corrected chi connectivity index (χ3v) is 4.81. The number of hydrogen-bond donors (Lipinski definition) is 1. The molecule has 124 valence electrons. The number of rotatable bonds is 6. The number of nitrogens with one attached hydrogen (secondary N) is 1. The van der Waals surface area contributed by atoms with Gasteiger partial charge in [-0.1, -0.05) is 37.2 Å². The van der Waals surface area contributed by atoms with Gasteiger partial charge in [0.15, 0.2) is 0 Å². The zero-order valence-corrected chi connectivity index (χ0v) is 14.2. The molecule has 7 heteroatoms. The zero-order valence-electron chi connectivity index (χ0n) is 13.4. The molecule has 0 saturated heterocycles. The van der Waals surface area contributed by atoms with Crippen molar-refractivity contribution in [2.75, 3.05) is 0 Å². The molecule has 1 amide bonds. The van der Waals surface area contributed by atoms with Crippen LogP contribution in [0.15, 0.2) is 39.8 Å².